The van der Waals surface area contributed by atoms with Gasteiger partial charge in [0.15, 0.2) is 0 Å². The molecule has 0 unspecified atom stereocenters. The van der Waals surface area contributed by atoms with E-state index in [0.717, 1.165) is 18.4 Å². The number of nitrogens with two attached hydrogens (primary N) is 3. The highest BCUT2D eigenvalue weighted by Crippen LogP contribution is 2.49. The van der Waals surface area contributed by atoms with Crippen LogP contribution in [-0.4, -0.2) is 11.5 Å². The molecule has 1 fully saturated rings. The lowest BCUT2D eigenvalue weighted by Gasteiger charge is -2.17. The molecule has 0 aromatic heterocycles. The van der Waals surface area contributed by atoms with Gasteiger partial charge in [-0.1, -0.05) is 36.9 Å². The molecular formula is C13H17N5. The van der Waals surface area contributed by atoms with Crippen LogP contribution in [0.2, 0.25) is 0 Å². The summed E-state index contributed by atoms with van der Waals surface area (Å²) >= 11 is 0. The molecule has 0 heterocycles. The van der Waals surface area contributed by atoms with Gasteiger partial charge in [0.1, 0.15) is 17.4 Å². The average molecular weight is 243 g/mol. The van der Waals surface area contributed by atoms with E-state index in [4.69, 9.17) is 17.3 Å². The smallest absolute Gasteiger partial charge is 0.150 e. The zero-order valence-electron chi connectivity index (χ0n) is 10.1. The molecule has 5 nitrogen and oxygen atoms in total. The van der Waals surface area contributed by atoms with Gasteiger partial charge in [0, 0.05) is 5.41 Å². The monoisotopic (exact) mass is 243 g/mol. The number of hydrogen-bond donors (Lipinski definition) is 3. The Kier molecular flexibility index (Phi) is 3.06. The summed E-state index contributed by atoms with van der Waals surface area (Å²) < 4.78 is 0. The minimum atomic E-state index is -0.209. The summed E-state index contributed by atoms with van der Waals surface area (Å²) in [4.78, 5) is 3.95. The van der Waals surface area contributed by atoms with Gasteiger partial charge in [-0.15, -0.1) is 0 Å². The quantitative estimate of drug-likeness (QED) is 0.315. The van der Waals surface area contributed by atoms with Gasteiger partial charge in [-0.2, -0.15) is 5.10 Å². The number of hydrazone groups is 1. The molecule has 0 atom stereocenters. The van der Waals surface area contributed by atoms with Crippen LogP contribution in [-0.2, 0) is 5.41 Å². The fourth-order valence-corrected chi connectivity index (χ4v) is 2.19. The molecule has 1 aliphatic rings. The molecule has 0 aliphatic heterocycles. The van der Waals surface area contributed by atoms with Crippen LogP contribution < -0.4 is 17.3 Å². The minimum absolute atomic E-state index is 0.150. The van der Waals surface area contributed by atoms with Crippen LogP contribution >= 0.6 is 0 Å². The Balaban J connectivity index is 2.38. The van der Waals surface area contributed by atoms with Crippen LogP contribution in [0.4, 0.5) is 0 Å². The van der Waals surface area contributed by atoms with Gasteiger partial charge in [-0.3, -0.25) is 0 Å². The molecule has 0 saturated heterocycles. The van der Waals surface area contributed by atoms with Crippen LogP contribution in [0, 0.1) is 0 Å². The number of benzene rings is 1. The minimum Gasteiger partial charge on any atom is -0.384 e. The highest BCUT2D eigenvalue weighted by molar-refractivity contribution is 6.45. The molecule has 0 bridgehead atoms. The Hall–Kier alpha value is -2.30. The molecule has 1 aromatic carbocycles. The summed E-state index contributed by atoms with van der Waals surface area (Å²) in [7, 11) is 0. The molecule has 1 saturated carbocycles. The third kappa shape index (κ3) is 2.07. The second-order valence-electron chi connectivity index (χ2n) is 4.41. The lowest BCUT2D eigenvalue weighted by Crippen LogP contribution is -2.36. The summed E-state index contributed by atoms with van der Waals surface area (Å²) in [6.45, 7) is 3.50. The van der Waals surface area contributed by atoms with E-state index in [0.29, 0.717) is 5.71 Å². The third-order valence-electron chi connectivity index (χ3n) is 3.17. The molecule has 0 spiro atoms. The Morgan fingerprint density at radius 2 is 1.78 bits per heavy atom. The first-order valence-electron chi connectivity index (χ1n) is 5.73. The van der Waals surface area contributed by atoms with E-state index in [1.165, 1.54) is 0 Å². The van der Waals surface area contributed by atoms with Gasteiger partial charge in [0.25, 0.3) is 0 Å². The zero-order chi connectivity index (χ0) is 13.2. The van der Waals surface area contributed by atoms with Crippen molar-refractivity contribution in [1.29, 1.82) is 0 Å². The summed E-state index contributed by atoms with van der Waals surface area (Å²) in [6.07, 6.45) is 1.92. The summed E-state index contributed by atoms with van der Waals surface area (Å²) in [6, 6.07) is 10.0. The molecule has 0 amide bonds. The van der Waals surface area contributed by atoms with Gasteiger partial charge < -0.3 is 17.3 Å². The van der Waals surface area contributed by atoms with Crippen molar-refractivity contribution in [3.05, 3.63) is 48.3 Å². The maximum Gasteiger partial charge on any atom is 0.150 e. The molecule has 0 radical (unpaired) electrons. The average Bonchev–Trinajstić information content (AvgIpc) is 3.12. The number of rotatable bonds is 4. The topological polar surface area (TPSA) is 103 Å². The third-order valence-corrected chi connectivity index (χ3v) is 3.17. The predicted octanol–water partition coefficient (Wildman–Crippen LogP) is 0.820. The number of amidine groups is 1. The number of hydrogen-bond acceptors (Lipinski definition) is 4. The van der Waals surface area contributed by atoms with E-state index < -0.39 is 0 Å². The van der Waals surface area contributed by atoms with Crippen LogP contribution in [0.15, 0.2) is 52.8 Å². The SMILES string of the molecule is C=C(N)/N=C(N)\C(=N/N)C1(c2ccccc2)CC1. The first-order chi connectivity index (χ1) is 8.60. The lowest BCUT2D eigenvalue weighted by molar-refractivity contribution is 0.943. The lowest BCUT2D eigenvalue weighted by atomic mass is 9.90. The van der Waals surface area contributed by atoms with E-state index in [2.05, 4.69) is 16.7 Å². The number of aliphatic imine (C=N–C) groups is 1. The van der Waals surface area contributed by atoms with Crippen molar-refractivity contribution in [2.75, 3.05) is 0 Å². The van der Waals surface area contributed by atoms with Gasteiger partial charge in [0.05, 0.1) is 0 Å². The van der Waals surface area contributed by atoms with Gasteiger partial charge in [-0.25, -0.2) is 4.99 Å². The van der Waals surface area contributed by atoms with Gasteiger partial charge in [0.2, 0.25) is 0 Å². The van der Waals surface area contributed by atoms with E-state index in [9.17, 15) is 0 Å². The molecule has 2 rings (SSSR count). The Labute approximate surface area is 106 Å². The molecule has 18 heavy (non-hydrogen) atoms. The highest BCUT2D eigenvalue weighted by atomic mass is 15.1. The van der Waals surface area contributed by atoms with Crippen LogP contribution in [0.1, 0.15) is 18.4 Å². The maximum absolute atomic E-state index is 5.89. The van der Waals surface area contributed by atoms with Crippen LogP contribution in [0.5, 0.6) is 0 Å². The zero-order valence-corrected chi connectivity index (χ0v) is 10.1. The summed E-state index contributed by atoms with van der Waals surface area (Å²) in [5, 5.41) is 3.82. The van der Waals surface area contributed by atoms with Crippen molar-refractivity contribution in [3.63, 3.8) is 0 Å². The standard InChI is InChI=1S/C13H17N5/c1-9(14)17-12(15)11(18-16)13(7-8-13)10-5-3-2-4-6-10/h2-6H,1,7-8,14,16H2,(H2,15,17)/b18-11+. The highest BCUT2D eigenvalue weighted by Gasteiger charge is 2.50. The number of nitrogens with zero attached hydrogens (tertiary/aromatic N) is 2. The summed E-state index contributed by atoms with van der Waals surface area (Å²) in [5.74, 6) is 5.86. The predicted molar refractivity (Wildman–Crippen MR) is 73.9 cm³/mol. The van der Waals surface area contributed by atoms with Crippen LogP contribution in [0.25, 0.3) is 0 Å². The molecule has 1 aromatic rings. The molecule has 1 aliphatic carbocycles. The van der Waals surface area contributed by atoms with Crippen molar-refractivity contribution in [2.45, 2.75) is 18.3 Å². The normalized spacial score (nSPS) is 18.4. The second kappa shape index (κ2) is 4.52. The largest absolute Gasteiger partial charge is 0.384 e. The second-order valence-corrected chi connectivity index (χ2v) is 4.41. The first kappa shape index (κ1) is 12.2. The van der Waals surface area contributed by atoms with E-state index >= 15 is 0 Å². The van der Waals surface area contributed by atoms with E-state index in [1.807, 2.05) is 30.3 Å². The van der Waals surface area contributed by atoms with Crippen molar-refractivity contribution < 1.29 is 0 Å². The van der Waals surface area contributed by atoms with Crippen molar-refractivity contribution >= 4 is 11.5 Å². The van der Waals surface area contributed by atoms with Crippen LogP contribution in [0.3, 0.4) is 0 Å². The Morgan fingerprint density at radius 1 is 1.17 bits per heavy atom. The molecule has 5 heteroatoms. The van der Waals surface area contributed by atoms with E-state index in [1.54, 1.807) is 0 Å². The molecule has 94 valence electrons. The fourth-order valence-electron chi connectivity index (χ4n) is 2.19. The first-order valence-corrected chi connectivity index (χ1v) is 5.73. The van der Waals surface area contributed by atoms with Gasteiger partial charge in [-0.05, 0) is 18.4 Å². The Bertz CT molecular complexity index is 511. The molecule has 6 N–H and O–H groups in total. The van der Waals surface area contributed by atoms with Crippen molar-refractivity contribution in [1.82, 2.24) is 0 Å². The molecular weight excluding hydrogens is 226 g/mol. The van der Waals surface area contributed by atoms with E-state index in [-0.39, 0.29) is 17.1 Å². The van der Waals surface area contributed by atoms with Crippen molar-refractivity contribution in [3.8, 4) is 0 Å². The fraction of sp³-hybridized carbons (Fsp3) is 0.231. The maximum atomic E-state index is 5.89. The van der Waals surface area contributed by atoms with Gasteiger partial charge >= 0.3 is 0 Å². The van der Waals surface area contributed by atoms with Crippen molar-refractivity contribution in [2.24, 2.45) is 27.4 Å². The summed E-state index contributed by atoms with van der Waals surface area (Å²) in [5.41, 5.74) is 12.8. The Morgan fingerprint density at radius 3 is 2.22 bits per heavy atom.